The van der Waals surface area contributed by atoms with Crippen molar-refractivity contribution < 1.29 is 42.9 Å². The summed E-state index contributed by atoms with van der Waals surface area (Å²) in [4.78, 5) is 49.0. The molecule has 0 spiro atoms. The van der Waals surface area contributed by atoms with Crippen LogP contribution in [0, 0.1) is 17.8 Å². The van der Waals surface area contributed by atoms with E-state index < -0.39 is 17.9 Å². The van der Waals surface area contributed by atoms with Gasteiger partial charge in [-0.3, -0.25) is 0 Å². The van der Waals surface area contributed by atoms with E-state index in [2.05, 4.69) is 27.4 Å². The molecule has 51 heavy (non-hydrogen) atoms. The monoisotopic (exact) mass is 696 g/mol. The average Bonchev–Trinajstić information content (AvgIpc) is 3.12. The quantitative estimate of drug-likeness (QED) is 0.0591. The van der Waals surface area contributed by atoms with Crippen LogP contribution in [0.15, 0.2) is 91.5 Å². The minimum Gasteiger partial charge on any atom is -0.494 e. The predicted molar refractivity (Wildman–Crippen MR) is 195 cm³/mol. The first kappa shape index (κ1) is 38.6. The Balaban J connectivity index is 1.16. The molecular weight excluding hydrogens is 648 g/mol. The number of carbonyl (C=O) groups is 4. The highest BCUT2D eigenvalue weighted by molar-refractivity contribution is 5.92. The Hall–Kier alpha value is -5.18. The first-order chi connectivity index (χ1) is 24.6. The van der Waals surface area contributed by atoms with Crippen molar-refractivity contribution >= 4 is 30.0 Å². The van der Waals surface area contributed by atoms with Crippen LogP contribution in [0.5, 0.6) is 17.2 Å². The summed E-state index contributed by atoms with van der Waals surface area (Å²) in [6.07, 6.45) is 10.6. The highest BCUT2D eigenvalue weighted by atomic mass is 16.5. The van der Waals surface area contributed by atoms with Gasteiger partial charge >= 0.3 is 23.9 Å². The third kappa shape index (κ3) is 12.9. The molecule has 9 heteroatoms. The smallest absolute Gasteiger partial charge is 0.343 e. The topological polar surface area (TPSA) is 114 Å². The van der Waals surface area contributed by atoms with Crippen LogP contribution in [0.2, 0.25) is 0 Å². The van der Waals surface area contributed by atoms with Crippen molar-refractivity contribution in [1.29, 1.82) is 0 Å². The van der Waals surface area contributed by atoms with E-state index in [1.807, 2.05) is 0 Å². The van der Waals surface area contributed by atoms with Crippen molar-refractivity contribution in [2.45, 2.75) is 71.8 Å². The molecule has 3 aromatic rings. The van der Waals surface area contributed by atoms with Gasteiger partial charge in [0.05, 0.1) is 24.3 Å². The second-order valence-corrected chi connectivity index (χ2v) is 13.2. The number of ether oxygens (including phenoxy) is 5. The van der Waals surface area contributed by atoms with E-state index in [1.165, 1.54) is 6.08 Å². The first-order valence-corrected chi connectivity index (χ1v) is 17.7. The molecule has 0 saturated heterocycles. The highest BCUT2D eigenvalue weighted by Gasteiger charge is 2.33. The summed E-state index contributed by atoms with van der Waals surface area (Å²) < 4.78 is 27.5. The maximum absolute atomic E-state index is 12.9. The molecule has 1 fully saturated rings. The van der Waals surface area contributed by atoms with Gasteiger partial charge in [0.25, 0.3) is 0 Å². The molecule has 0 amide bonds. The fourth-order valence-corrected chi connectivity index (χ4v) is 5.91. The predicted octanol–water partition coefficient (Wildman–Crippen LogP) is 8.81. The molecule has 0 aliphatic heterocycles. The molecule has 270 valence electrons. The van der Waals surface area contributed by atoms with Gasteiger partial charge in [-0.1, -0.05) is 45.9 Å². The SMILES string of the molecule is C=CC(=O)OCCCCCCOc1ccc(C(=O)Oc2ccc(/C=C/C(=O)Oc3ccc(C(=O)OC4CC(C)CCC4C(C)C)cc3)cc2)cc1. The molecule has 9 nitrogen and oxygen atoms in total. The maximum Gasteiger partial charge on any atom is 0.343 e. The molecule has 3 aromatic carbocycles. The Morgan fingerprint density at radius 2 is 1.31 bits per heavy atom. The van der Waals surface area contributed by atoms with Crippen LogP contribution in [0.3, 0.4) is 0 Å². The molecule has 0 N–H and O–H groups in total. The Labute approximate surface area is 300 Å². The number of rotatable bonds is 17. The van der Waals surface area contributed by atoms with Crippen LogP contribution >= 0.6 is 0 Å². The molecule has 1 aliphatic carbocycles. The largest absolute Gasteiger partial charge is 0.494 e. The standard InChI is InChI=1S/C42H48O9/c1-5-39(43)48-27-9-7-6-8-26-47-34-20-14-32(15-21-34)41(45)50-36-18-11-31(12-19-36)13-25-40(44)49-35-22-16-33(17-23-35)42(46)51-38-28-30(4)10-24-37(38)29(2)3/h5,11-23,25,29-30,37-38H,1,6-10,24,26-28H2,2-4H3/b25-13+. The number of carbonyl (C=O) groups excluding carboxylic acids is 4. The van der Waals surface area contributed by atoms with E-state index in [4.69, 9.17) is 23.7 Å². The van der Waals surface area contributed by atoms with Gasteiger partial charge in [0.15, 0.2) is 0 Å². The Kier molecular flexibility index (Phi) is 15.0. The van der Waals surface area contributed by atoms with Gasteiger partial charge in [-0.05, 0) is 129 Å². The third-order valence-corrected chi connectivity index (χ3v) is 8.84. The van der Waals surface area contributed by atoms with E-state index in [0.717, 1.165) is 51.0 Å². The van der Waals surface area contributed by atoms with E-state index >= 15 is 0 Å². The molecule has 3 atom stereocenters. The minimum absolute atomic E-state index is 0.0916. The summed E-state index contributed by atoms with van der Waals surface area (Å²) in [5.41, 5.74) is 1.50. The van der Waals surface area contributed by atoms with Gasteiger partial charge < -0.3 is 23.7 Å². The molecule has 1 saturated carbocycles. The van der Waals surface area contributed by atoms with Gasteiger partial charge in [-0.25, -0.2) is 19.2 Å². The van der Waals surface area contributed by atoms with Crippen LogP contribution in [-0.4, -0.2) is 43.2 Å². The summed E-state index contributed by atoms with van der Waals surface area (Å²) in [5.74, 6) is 0.805. The number of hydrogen-bond donors (Lipinski definition) is 0. The molecule has 4 rings (SSSR count). The Bertz CT molecular complexity index is 1620. The summed E-state index contributed by atoms with van der Waals surface area (Å²) in [6, 6.07) is 19.8. The molecular formula is C42H48O9. The number of hydrogen-bond acceptors (Lipinski definition) is 9. The summed E-state index contributed by atoms with van der Waals surface area (Å²) in [7, 11) is 0. The van der Waals surface area contributed by atoms with Crippen LogP contribution in [0.1, 0.15) is 92.0 Å². The van der Waals surface area contributed by atoms with Gasteiger partial charge in [0, 0.05) is 12.2 Å². The number of esters is 4. The van der Waals surface area contributed by atoms with E-state index in [0.29, 0.717) is 64.9 Å². The normalized spacial score (nSPS) is 17.1. The first-order valence-electron chi connectivity index (χ1n) is 17.7. The average molecular weight is 697 g/mol. The van der Waals surface area contributed by atoms with Gasteiger partial charge in [0.1, 0.15) is 23.4 Å². The van der Waals surface area contributed by atoms with Crippen LogP contribution in [0.25, 0.3) is 6.08 Å². The minimum atomic E-state index is -0.576. The second-order valence-electron chi connectivity index (χ2n) is 13.2. The number of benzene rings is 3. The lowest BCUT2D eigenvalue weighted by Gasteiger charge is -2.36. The zero-order valence-corrected chi connectivity index (χ0v) is 29.7. The zero-order chi connectivity index (χ0) is 36.6. The van der Waals surface area contributed by atoms with Crippen molar-refractivity contribution in [3.8, 4) is 17.2 Å². The molecule has 0 aromatic heterocycles. The fraction of sp³-hybridized carbons (Fsp3) is 0.381. The Morgan fingerprint density at radius 1 is 0.725 bits per heavy atom. The fourth-order valence-electron chi connectivity index (χ4n) is 5.91. The van der Waals surface area contributed by atoms with E-state index in [9.17, 15) is 19.2 Å². The zero-order valence-electron chi connectivity index (χ0n) is 29.7. The number of unbranched alkanes of at least 4 members (excludes halogenated alkanes) is 3. The molecule has 0 bridgehead atoms. The lowest BCUT2D eigenvalue weighted by molar-refractivity contribution is -0.137. The van der Waals surface area contributed by atoms with Crippen molar-refractivity contribution in [2.24, 2.45) is 17.8 Å². The third-order valence-electron chi connectivity index (χ3n) is 8.84. The van der Waals surface area contributed by atoms with Crippen molar-refractivity contribution in [2.75, 3.05) is 13.2 Å². The Morgan fingerprint density at radius 3 is 1.96 bits per heavy atom. The van der Waals surface area contributed by atoms with Gasteiger partial charge in [-0.2, -0.15) is 0 Å². The molecule has 1 aliphatic rings. The summed E-state index contributed by atoms with van der Waals surface area (Å²) in [6.45, 7) is 10.8. The lowest BCUT2D eigenvalue weighted by atomic mass is 9.75. The highest BCUT2D eigenvalue weighted by Crippen LogP contribution is 2.35. The van der Waals surface area contributed by atoms with Crippen molar-refractivity contribution in [3.05, 3.63) is 108 Å². The van der Waals surface area contributed by atoms with Crippen molar-refractivity contribution in [1.82, 2.24) is 0 Å². The van der Waals surface area contributed by atoms with Crippen LogP contribution in [0.4, 0.5) is 0 Å². The molecule has 0 radical (unpaired) electrons. The maximum atomic E-state index is 12.9. The summed E-state index contributed by atoms with van der Waals surface area (Å²) in [5, 5.41) is 0. The van der Waals surface area contributed by atoms with E-state index in [-0.39, 0.29) is 12.1 Å². The van der Waals surface area contributed by atoms with Crippen LogP contribution < -0.4 is 14.2 Å². The van der Waals surface area contributed by atoms with Gasteiger partial charge in [0.2, 0.25) is 0 Å². The second kappa shape index (κ2) is 19.9. The van der Waals surface area contributed by atoms with Crippen LogP contribution in [-0.2, 0) is 19.1 Å². The molecule has 0 heterocycles. The lowest BCUT2D eigenvalue weighted by Crippen LogP contribution is -2.35. The summed E-state index contributed by atoms with van der Waals surface area (Å²) >= 11 is 0. The van der Waals surface area contributed by atoms with Gasteiger partial charge in [-0.15, -0.1) is 0 Å². The van der Waals surface area contributed by atoms with E-state index in [1.54, 1.807) is 78.9 Å². The van der Waals surface area contributed by atoms with Crippen molar-refractivity contribution in [3.63, 3.8) is 0 Å². The molecule has 3 unspecified atom stereocenters.